The molecule has 0 atom stereocenters. The first-order valence-electron chi connectivity index (χ1n) is 11.9. The predicted octanol–water partition coefficient (Wildman–Crippen LogP) is 5.65. The molecule has 0 radical (unpaired) electrons. The van der Waals surface area contributed by atoms with E-state index in [1.165, 1.54) is 0 Å². The number of nitrogens with zero attached hydrogens (tertiary/aromatic N) is 3. The molecule has 0 spiro atoms. The summed E-state index contributed by atoms with van der Waals surface area (Å²) in [6, 6.07) is 14.1. The van der Waals surface area contributed by atoms with Crippen LogP contribution in [0.25, 0.3) is 0 Å². The van der Waals surface area contributed by atoms with Crippen LogP contribution in [0.3, 0.4) is 0 Å². The molecule has 0 unspecified atom stereocenters. The van der Waals surface area contributed by atoms with Gasteiger partial charge in [0.05, 0.1) is 5.71 Å². The maximum Gasteiger partial charge on any atom is 0.254 e. The molecule has 2 fully saturated rings. The van der Waals surface area contributed by atoms with Crippen LogP contribution in [0.4, 0.5) is 0 Å². The first-order chi connectivity index (χ1) is 15.8. The van der Waals surface area contributed by atoms with Crippen molar-refractivity contribution in [2.75, 3.05) is 26.2 Å². The van der Waals surface area contributed by atoms with Crippen LogP contribution < -0.4 is 0 Å². The van der Waals surface area contributed by atoms with E-state index in [1.54, 1.807) is 0 Å². The van der Waals surface area contributed by atoms with E-state index in [-0.39, 0.29) is 17.4 Å². The van der Waals surface area contributed by atoms with E-state index < -0.39 is 0 Å². The molecule has 2 aromatic carbocycles. The molecule has 2 heterocycles. The van der Waals surface area contributed by atoms with Crippen molar-refractivity contribution in [1.29, 1.82) is 0 Å². The van der Waals surface area contributed by atoms with Gasteiger partial charge >= 0.3 is 0 Å². The Morgan fingerprint density at radius 1 is 1.00 bits per heavy atom. The van der Waals surface area contributed by atoms with E-state index in [0.29, 0.717) is 0 Å². The zero-order valence-electron chi connectivity index (χ0n) is 19.9. The summed E-state index contributed by atoms with van der Waals surface area (Å²) < 4.78 is 1.02. The van der Waals surface area contributed by atoms with Crippen LogP contribution >= 0.6 is 15.9 Å². The number of oxime groups is 1. The highest BCUT2D eigenvalue weighted by atomic mass is 79.9. The second-order valence-corrected chi connectivity index (χ2v) is 10.7. The van der Waals surface area contributed by atoms with Crippen LogP contribution in [-0.4, -0.2) is 58.3 Å². The van der Waals surface area contributed by atoms with Crippen LogP contribution in [0.2, 0.25) is 0 Å². The van der Waals surface area contributed by atoms with Crippen molar-refractivity contribution in [2.45, 2.75) is 52.0 Å². The van der Waals surface area contributed by atoms with Gasteiger partial charge in [0.15, 0.2) is 0 Å². The Labute approximate surface area is 205 Å². The average Bonchev–Trinajstić information content (AvgIpc) is 2.81. The summed E-state index contributed by atoms with van der Waals surface area (Å²) in [6.45, 7) is 9.97. The summed E-state index contributed by atoms with van der Waals surface area (Å²) >= 11 is 3.47. The summed E-state index contributed by atoms with van der Waals surface area (Å²) in [6.07, 6.45) is 3.94. The lowest BCUT2D eigenvalue weighted by molar-refractivity contribution is 0.0162. The lowest BCUT2D eigenvalue weighted by Crippen LogP contribution is -2.56. The Kier molecular flexibility index (Phi) is 7.25. The maximum absolute atomic E-state index is 13.2. The molecule has 5 nitrogen and oxygen atoms in total. The van der Waals surface area contributed by atoms with Gasteiger partial charge in [0.25, 0.3) is 5.91 Å². The predicted molar refractivity (Wildman–Crippen MR) is 136 cm³/mol. The number of piperidine rings is 2. The molecule has 4 rings (SSSR count). The molecular weight excluding hydrogens is 478 g/mol. The van der Waals surface area contributed by atoms with Crippen molar-refractivity contribution >= 4 is 27.5 Å². The third kappa shape index (κ3) is 5.02. The fraction of sp³-hybridized carbons (Fsp3) is 0.481. The fourth-order valence-corrected chi connectivity index (χ4v) is 5.77. The average molecular weight is 512 g/mol. The number of carbonyl (C=O) groups excluding carboxylic acids is 1. The molecule has 0 aliphatic carbocycles. The number of halogens is 1. The molecule has 1 N–H and O–H groups in total. The largest absolute Gasteiger partial charge is 0.411 e. The topological polar surface area (TPSA) is 56.1 Å². The summed E-state index contributed by atoms with van der Waals surface area (Å²) in [5, 5.41) is 13.4. The zero-order chi connectivity index (χ0) is 23.6. The van der Waals surface area contributed by atoms with Gasteiger partial charge in [-0.25, -0.2) is 0 Å². The van der Waals surface area contributed by atoms with E-state index >= 15 is 0 Å². The normalized spacial score (nSPS) is 20.1. The molecular formula is C27H34BrN3O2. The third-order valence-electron chi connectivity index (χ3n) is 7.72. The molecule has 2 aliphatic heterocycles. The molecule has 2 aromatic rings. The van der Waals surface area contributed by atoms with Crippen molar-refractivity contribution < 1.29 is 10.0 Å². The van der Waals surface area contributed by atoms with Gasteiger partial charge in [-0.15, -0.1) is 0 Å². The minimum atomic E-state index is 0.108. The van der Waals surface area contributed by atoms with Gasteiger partial charge in [-0.1, -0.05) is 51.4 Å². The van der Waals surface area contributed by atoms with Gasteiger partial charge in [-0.3, -0.25) is 9.69 Å². The van der Waals surface area contributed by atoms with E-state index in [9.17, 15) is 10.0 Å². The number of rotatable bonds is 4. The molecule has 6 heteroatoms. The molecule has 0 aromatic heterocycles. The van der Waals surface area contributed by atoms with Gasteiger partial charge < -0.3 is 10.1 Å². The summed E-state index contributed by atoms with van der Waals surface area (Å²) in [5.74, 6) is 0.436. The molecule has 176 valence electrons. The number of benzene rings is 2. The van der Waals surface area contributed by atoms with Crippen LogP contribution in [0, 0.1) is 19.8 Å². The van der Waals surface area contributed by atoms with Crippen molar-refractivity contribution in [1.82, 2.24) is 9.80 Å². The molecule has 0 saturated carbocycles. The zero-order valence-corrected chi connectivity index (χ0v) is 21.4. The number of amides is 1. The van der Waals surface area contributed by atoms with Crippen molar-refractivity contribution in [3.8, 4) is 0 Å². The lowest BCUT2D eigenvalue weighted by Gasteiger charge is -2.49. The lowest BCUT2D eigenvalue weighted by atomic mass is 9.82. The number of likely N-dealkylation sites (tertiary alicyclic amines) is 2. The Bertz CT molecular complexity index is 998. The van der Waals surface area contributed by atoms with E-state index in [2.05, 4.69) is 32.9 Å². The smallest absolute Gasteiger partial charge is 0.254 e. The van der Waals surface area contributed by atoms with E-state index in [0.717, 1.165) is 84.3 Å². The fourth-order valence-electron chi connectivity index (χ4n) is 5.51. The summed E-state index contributed by atoms with van der Waals surface area (Å²) in [7, 11) is 0. The molecule has 1 amide bonds. The minimum Gasteiger partial charge on any atom is -0.411 e. The third-order valence-corrected chi connectivity index (χ3v) is 8.24. The highest BCUT2D eigenvalue weighted by Gasteiger charge is 2.39. The molecule has 2 saturated heterocycles. The van der Waals surface area contributed by atoms with Gasteiger partial charge in [0, 0.05) is 34.6 Å². The monoisotopic (exact) mass is 511 g/mol. The Morgan fingerprint density at radius 2 is 1.58 bits per heavy atom. The first kappa shape index (κ1) is 24.0. The maximum atomic E-state index is 13.2. The van der Waals surface area contributed by atoms with Crippen molar-refractivity contribution in [3.63, 3.8) is 0 Å². The number of aryl methyl sites for hydroxylation is 2. The molecule has 33 heavy (non-hydrogen) atoms. The summed E-state index contributed by atoms with van der Waals surface area (Å²) in [4.78, 5) is 17.8. The Balaban J connectivity index is 1.36. The van der Waals surface area contributed by atoms with E-state index in [1.807, 2.05) is 61.2 Å². The van der Waals surface area contributed by atoms with Gasteiger partial charge in [0.2, 0.25) is 0 Å². The SMILES string of the molecule is Cc1cccc(C)c1C(=O)N1CCC(C)(N2CCC(/C(=N/O)c3ccc(Br)cc3)CC2)CC1. The van der Waals surface area contributed by atoms with Crippen molar-refractivity contribution in [3.05, 3.63) is 69.2 Å². The van der Waals surface area contributed by atoms with Crippen LogP contribution in [0.15, 0.2) is 52.1 Å². The van der Waals surface area contributed by atoms with Gasteiger partial charge in [-0.2, -0.15) is 0 Å². The second kappa shape index (κ2) is 9.98. The highest BCUT2D eigenvalue weighted by molar-refractivity contribution is 9.10. The van der Waals surface area contributed by atoms with E-state index in [4.69, 9.17) is 0 Å². The number of hydrogen-bond acceptors (Lipinski definition) is 4. The number of hydrogen-bond donors (Lipinski definition) is 1. The van der Waals surface area contributed by atoms with Crippen LogP contribution in [-0.2, 0) is 0 Å². The minimum absolute atomic E-state index is 0.108. The van der Waals surface area contributed by atoms with Gasteiger partial charge in [0.1, 0.15) is 0 Å². The Morgan fingerprint density at radius 3 is 2.12 bits per heavy atom. The molecule has 2 aliphatic rings. The van der Waals surface area contributed by atoms with Crippen molar-refractivity contribution in [2.24, 2.45) is 11.1 Å². The van der Waals surface area contributed by atoms with Crippen LogP contribution in [0.1, 0.15) is 59.7 Å². The first-order valence-corrected chi connectivity index (χ1v) is 12.7. The second-order valence-electron chi connectivity index (χ2n) is 9.81. The quantitative estimate of drug-likeness (QED) is 0.327. The molecule has 0 bridgehead atoms. The highest BCUT2D eigenvalue weighted by Crippen LogP contribution is 2.34. The van der Waals surface area contributed by atoms with Gasteiger partial charge in [-0.05, 0) is 88.4 Å². The number of carbonyl (C=O) groups is 1. The summed E-state index contributed by atoms with van der Waals surface area (Å²) in [5.41, 5.74) is 4.87. The standard InChI is InChI=1S/C27H34BrN3O2/c1-19-5-4-6-20(2)24(19)26(32)30-17-13-27(3,14-18-30)31-15-11-22(12-16-31)25(29-33)21-7-9-23(28)10-8-21/h4-10,22,33H,11-18H2,1-3H3/b29-25+. The Hall–Kier alpha value is -2.18. The van der Waals surface area contributed by atoms with Crippen LogP contribution in [0.5, 0.6) is 0 Å².